The van der Waals surface area contributed by atoms with Crippen LogP contribution in [0.15, 0.2) is 82.6 Å². The minimum atomic E-state index is -0.406. The maximum atomic E-state index is 14.1. The van der Waals surface area contributed by atoms with Crippen LogP contribution in [0, 0.1) is 5.82 Å². The first-order valence-corrected chi connectivity index (χ1v) is 10.8. The normalized spacial score (nSPS) is 14.2. The van der Waals surface area contributed by atoms with Crippen LogP contribution in [0.25, 0.3) is 6.08 Å². The van der Waals surface area contributed by atoms with Gasteiger partial charge in [0.15, 0.2) is 0 Å². The van der Waals surface area contributed by atoms with E-state index in [0.717, 1.165) is 16.2 Å². The summed E-state index contributed by atoms with van der Waals surface area (Å²) in [4.78, 5) is 28.5. The Morgan fingerprint density at radius 1 is 1.06 bits per heavy atom. The average molecular weight is 449 g/mol. The van der Waals surface area contributed by atoms with Crippen LogP contribution in [0.4, 0.5) is 10.1 Å². The molecule has 162 valence electrons. The molecule has 5 nitrogen and oxygen atoms in total. The molecule has 0 aliphatic carbocycles. The van der Waals surface area contributed by atoms with Gasteiger partial charge >= 0.3 is 0 Å². The molecular weight excluding hydrogens is 427 g/mol. The maximum absolute atomic E-state index is 14.1. The Kier molecular flexibility index (Phi) is 6.56. The number of benzene rings is 3. The van der Waals surface area contributed by atoms with Gasteiger partial charge in [0.05, 0.1) is 17.7 Å². The summed E-state index contributed by atoms with van der Waals surface area (Å²) >= 11 is 1.27. The lowest BCUT2D eigenvalue weighted by atomic mass is 10.2. The van der Waals surface area contributed by atoms with Gasteiger partial charge in [-0.3, -0.25) is 14.5 Å². The van der Waals surface area contributed by atoms with Gasteiger partial charge < -0.3 is 10.1 Å². The highest BCUT2D eigenvalue weighted by Gasteiger charge is 2.30. The van der Waals surface area contributed by atoms with E-state index in [-0.39, 0.29) is 18.4 Å². The Morgan fingerprint density at radius 2 is 1.78 bits per heavy atom. The summed E-state index contributed by atoms with van der Waals surface area (Å²) in [5, 5.41) is 2.85. The number of para-hydroxylation sites is 1. The fourth-order valence-corrected chi connectivity index (χ4v) is 4.35. The number of carbonyl (C=O) groups excluding carboxylic acids is 2. The predicted molar refractivity (Wildman–Crippen MR) is 124 cm³/mol. The Labute approximate surface area is 189 Å². The van der Waals surface area contributed by atoms with Gasteiger partial charge in [-0.15, -0.1) is 0 Å². The number of halogens is 1. The number of nitrogens with zero attached hydrogens (tertiary/aromatic N) is 1. The fourth-order valence-electron chi connectivity index (χ4n) is 3.30. The van der Waals surface area contributed by atoms with Crippen LogP contribution in [-0.4, -0.2) is 25.5 Å². The first-order valence-electron chi connectivity index (χ1n) is 10.00. The number of hydrogen-bond acceptors (Lipinski definition) is 4. The molecule has 1 heterocycles. The highest BCUT2D eigenvalue weighted by molar-refractivity contribution is 8.04. The van der Waals surface area contributed by atoms with Gasteiger partial charge in [-0.1, -0.05) is 54.2 Å². The van der Waals surface area contributed by atoms with Crippen LogP contribution in [0.3, 0.4) is 0 Å². The summed E-state index contributed by atoms with van der Waals surface area (Å²) in [5.74, 6) is -0.295. The standard InChI is InChI=1S/C25H21FN2O3S/c1-31-19-12-10-17(11-13-19)15-27-24(29)16-28-21-8-4-5-9-22(21)32-23(25(28)30)14-18-6-2-3-7-20(18)26/h2-14H,15-16H2,1H3,(H,27,29). The van der Waals surface area contributed by atoms with Crippen LogP contribution in [0.1, 0.15) is 11.1 Å². The quantitative estimate of drug-likeness (QED) is 0.559. The SMILES string of the molecule is COc1ccc(CNC(=O)CN2C(=O)C(=Cc3ccccc3F)Sc3ccccc32)cc1. The van der Waals surface area contributed by atoms with Crippen LogP contribution in [0.5, 0.6) is 5.75 Å². The van der Waals surface area contributed by atoms with Crippen molar-refractivity contribution >= 4 is 35.3 Å². The molecule has 0 radical (unpaired) electrons. The Balaban J connectivity index is 1.52. The maximum Gasteiger partial charge on any atom is 0.265 e. The van der Waals surface area contributed by atoms with E-state index in [9.17, 15) is 14.0 Å². The number of hydrogen-bond donors (Lipinski definition) is 1. The highest BCUT2D eigenvalue weighted by Crippen LogP contribution is 2.42. The molecule has 7 heteroatoms. The van der Waals surface area contributed by atoms with Crippen molar-refractivity contribution in [3.63, 3.8) is 0 Å². The smallest absolute Gasteiger partial charge is 0.265 e. The molecule has 0 bridgehead atoms. The van der Waals surface area contributed by atoms with E-state index < -0.39 is 5.82 Å². The Morgan fingerprint density at radius 3 is 2.53 bits per heavy atom. The van der Waals surface area contributed by atoms with Crippen molar-refractivity contribution < 1.29 is 18.7 Å². The van der Waals surface area contributed by atoms with Crippen molar-refractivity contribution in [2.24, 2.45) is 0 Å². The first kappa shape index (κ1) is 21.6. The lowest BCUT2D eigenvalue weighted by Gasteiger charge is -2.29. The van der Waals surface area contributed by atoms with Gasteiger partial charge in [-0.05, 0) is 42.0 Å². The number of carbonyl (C=O) groups is 2. The topological polar surface area (TPSA) is 58.6 Å². The molecule has 0 unspecified atom stereocenters. The summed E-state index contributed by atoms with van der Waals surface area (Å²) in [6.07, 6.45) is 1.53. The molecule has 0 aromatic heterocycles. The molecule has 3 aromatic rings. The second-order valence-corrected chi connectivity index (χ2v) is 8.20. The molecule has 0 spiro atoms. The number of methoxy groups -OCH3 is 1. The number of amides is 2. The van der Waals surface area contributed by atoms with E-state index in [0.29, 0.717) is 22.7 Å². The van der Waals surface area contributed by atoms with Crippen molar-refractivity contribution in [2.45, 2.75) is 11.4 Å². The number of rotatable bonds is 6. The lowest BCUT2D eigenvalue weighted by Crippen LogP contribution is -2.42. The van der Waals surface area contributed by atoms with E-state index in [4.69, 9.17) is 4.74 Å². The third-order valence-electron chi connectivity index (χ3n) is 4.97. The molecule has 1 N–H and O–H groups in total. The monoisotopic (exact) mass is 448 g/mol. The lowest BCUT2D eigenvalue weighted by molar-refractivity contribution is -0.122. The minimum absolute atomic E-state index is 0.138. The molecule has 0 fully saturated rings. The van der Waals surface area contributed by atoms with E-state index in [2.05, 4.69) is 5.32 Å². The second kappa shape index (κ2) is 9.70. The largest absolute Gasteiger partial charge is 0.497 e. The van der Waals surface area contributed by atoms with Gasteiger partial charge in [0, 0.05) is 17.0 Å². The fraction of sp³-hybridized carbons (Fsp3) is 0.120. The van der Waals surface area contributed by atoms with Crippen LogP contribution < -0.4 is 15.0 Å². The highest BCUT2D eigenvalue weighted by atomic mass is 32.2. The summed E-state index contributed by atoms with van der Waals surface area (Å²) in [6, 6.07) is 21.0. The summed E-state index contributed by atoms with van der Waals surface area (Å²) in [7, 11) is 1.59. The average Bonchev–Trinajstić information content (AvgIpc) is 2.82. The molecule has 1 aliphatic rings. The molecule has 3 aromatic carbocycles. The van der Waals surface area contributed by atoms with Gasteiger partial charge in [-0.2, -0.15) is 0 Å². The van der Waals surface area contributed by atoms with E-state index >= 15 is 0 Å². The van der Waals surface area contributed by atoms with Gasteiger partial charge in [0.1, 0.15) is 18.1 Å². The molecule has 32 heavy (non-hydrogen) atoms. The molecule has 2 amide bonds. The van der Waals surface area contributed by atoms with Crippen molar-refractivity contribution in [3.8, 4) is 5.75 Å². The molecule has 0 saturated heterocycles. The van der Waals surface area contributed by atoms with Crippen molar-refractivity contribution in [1.82, 2.24) is 5.32 Å². The summed E-state index contributed by atoms with van der Waals surface area (Å²) in [6.45, 7) is 0.195. The molecule has 4 rings (SSSR count). The van der Waals surface area contributed by atoms with Gasteiger partial charge in [0.2, 0.25) is 5.91 Å². The number of anilines is 1. The van der Waals surface area contributed by atoms with E-state index in [1.54, 1.807) is 31.4 Å². The predicted octanol–water partition coefficient (Wildman–Crippen LogP) is 4.63. The van der Waals surface area contributed by atoms with Crippen LogP contribution in [-0.2, 0) is 16.1 Å². The Hall–Kier alpha value is -3.58. The Bertz CT molecular complexity index is 1180. The molecular formula is C25H21FN2O3S. The van der Waals surface area contributed by atoms with Crippen molar-refractivity contribution in [1.29, 1.82) is 0 Å². The third-order valence-corrected chi connectivity index (χ3v) is 6.05. The van der Waals surface area contributed by atoms with Gasteiger partial charge in [-0.25, -0.2) is 4.39 Å². The van der Waals surface area contributed by atoms with Crippen molar-refractivity contribution in [2.75, 3.05) is 18.6 Å². The minimum Gasteiger partial charge on any atom is -0.497 e. The molecule has 0 atom stereocenters. The summed E-state index contributed by atoms with van der Waals surface area (Å²) in [5.41, 5.74) is 1.90. The zero-order valence-corrected chi connectivity index (χ0v) is 18.2. The molecule has 1 aliphatic heterocycles. The molecule has 0 saturated carbocycles. The van der Waals surface area contributed by atoms with E-state index in [1.807, 2.05) is 42.5 Å². The number of fused-ring (bicyclic) bond motifs is 1. The van der Waals surface area contributed by atoms with Crippen LogP contribution >= 0.6 is 11.8 Å². The van der Waals surface area contributed by atoms with Crippen LogP contribution in [0.2, 0.25) is 0 Å². The first-order chi connectivity index (χ1) is 15.5. The summed E-state index contributed by atoms with van der Waals surface area (Å²) < 4.78 is 19.3. The van der Waals surface area contributed by atoms with Gasteiger partial charge in [0.25, 0.3) is 5.91 Å². The van der Waals surface area contributed by atoms with Crippen molar-refractivity contribution in [3.05, 3.63) is 94.6 Å². The zero-order chi connectivity index (χ0) is 22.5. The van der Waals surface area contributed by atoms with E-state index in [1.165, 1.54) is 28.8 Å². The third kappa shape index (κ3) is 4.84. The number of thioether (sulfide) groups is 1. The number of nitrogens with one attached hydrogen (secondary N) is 1. The number of ether oxygens (including phenoxy) is 1. The second-order valence-electron chi connectivity index (χ2n) is 7.12. The zero-order valence-electron chi connectivity index (χ0n) is 17.4.